The number of epoxide rings is 1. The molecule has 1 saturated carbocycles. The lowest BCUT2D eigenvalue weighted by Gasteiger charge is -2.14. The van der Waals surface area contributed by atoms with Gasteiger partial charge in [-0.05, 0) is 24.7 Å². The second-order valence-corrected chi connectivity index (χ2v) is 5.21. The van der Waals surface area contributed by atoms with E-state index < -0.39 is 5.60 Å². The Morgan fingerprint density at radius 1 is 1.54 bits per heavy atom. The van der Waals surface area contributed by atoms with E-state index in [0.717, 1.165) is 6.42 Å². The second kappa shape index (κ2) is 2.34. The zero-order valence-corrected chi connectivity index (χ0v) is 8.46. The normalized spacial score (nSPS) is 42.6. The van der Waals surface area contributed by atoms with Gasteiger partial charge in [-0.15, -0.1) is 0 Å². The Labute approximate surface area is 78.6 Å². The van der Waals surface area contributed by atoms with Crippen LogP contribution in [0.5, 0.6) is 0 Å². The third-order valence-electron chi connectivity index (χ3n) is 3.42. The monoisotopic (exact) mass is 183 g/mol. The van der Waals surface area contributed by atoms with Gasteiger partial charge in [0.1, 0.15) is 5.60 Å². The minimum absolute atomic E-state index is 0.0862. The molecule has 1 heterocycles. The van der Waals surface area contributed by atoms with Crippen molar-refractivity contribution in [3.05, 3.63) is 0 Å². The van der Waals surface area contributed by atoms with E-state index in [1.807, 2.05) is 6.92 Å². The van der Waals surface area contributed by atoms with Gasteiger partial charge in [0.05, 0.1) is 12.6 Å². The van der Waals surface area contributed by atoms with Crippen LogP contribution in [0, 0.1) is 11.3 Å². The van der Waals surface area contributed by atoms with Crippen LogP contribution in [0.3, 0.4) is 0 Å². The minimum Gasteiger partial charge on any atom is -0.362 e. The van der Waals surface area contributed by atoms with Crippen molar-refractivity contribution in [3.63, 3.8) is 0 Å². The van der Waals surface area contributed by atoms with E-state index in [1.54, 1.807) is 0 Å². The summed E-state index contributed by atoms with van der Waals surface area (Å²) in [6, 6.07) is -0.317. The molecule has 1 unspecified atom stereocenters. The Bertz CT molecular complexity index is 256. The first-order valence-corrected chi connectivity index (χ1v) is 4.81. The van der Waals surface area contributed by atoms with E-state index in [-0.39, 0.29) is 17.2 Å². The number of carbonyl (C=O) groups excluding carboxylic acids is 1. The molecule has 3 atom stereocenters. The smallest absolute Gasteiger partial charge is 0.183 e. The van der Waals surface area contributed by atoms with Gasteiger partial charge in [-0.2, -0.15) is 0 Å². The third kappa shape index (κ3) is 1.40. The molecule has 0 radical (unpaired) electrons. The molecule has 0 amide bonds. The van der Waals surface area contributed by atoms with Gasteiger partial charge in [0.25, 0.3) is 0 Å². The highest BCUT2D eigenvalue weighted by Gasteiger charge is 2.57. The fourth-order valence-electron chi connectivity index (χ4n) is 1.91. The van der Waals surface area contributed by atoms with Crippen molar-refractivity contribution >= 4 is 5.78 Å². The van der Waals surface area contributed by atoms with E-state index in [0.29, 0.717) is 12.5 Å². The maximum absolute atomic E-state index is 11.7. The van der Waals surface area contributed by atoms with E-state index >= 15 is 0 Å². The molecule has 2 fully saturated rings. The Hall–Kier alpha value is -0.410. The van der Waals surface area contributed by atoms with Gasteiger partial charge < -0.3 is 10.5 Å². The Kier molecular flexibility index (Phi) is 1.65. The van der Waals surface area contributed by atoms with Crippen molar-refractivity contribution in [2.24, 2.45) is 17.1 Å². The predicted molar refractivity (Wildman–Crippen MR) is 49.2 cm³/mol. The number of ether oxygens (including phenoxy) is 1. The molecule has 3 nitrogen and oxygen atoms in total. The average molecular weight is 183 g/mol. The van der Waals surface area contributed by atoms with Crippen molar-refractivity contribution in [2.75, 3.05) is 6.61 Å². The zero-order chi connectivity index (χ0) is 9.85. The summed E-state index contributed by atoms with van der Waals surface area (Å²) < 4.78 is 5.10. The number of hydrogen-bond donors (Lipinski definition) is 1. The maximum Gasteiger partial charge on any atom is 0.183 e. The number of rotatable bonds is 3. The van der Waals surface area contributed by atoms with Crippen molar-refractivity contribution < 1.29 is 9.53 Å². The van der Waals surface area contributed by atoms with Crippen LogP contribution in [-0.2, 0) is 9.53 Å². The Morgan fingerprint density at radius 2 is 2.00 bits per heavy atom. The van der Waals surface area contributed by atoms with Gasteiger partial charge in [0.2, 0.25) is 0 Å². The van der Waals surface area contributed by atoms with E-state index in [4.69, 9.17) is 10.5 Å². The summed E-state index contributed by atoms with van der Waals surface area (Å²) in [6.07, 6.45) is 1.07. The molecular formula is C10H17NO2. The molecule has 74 valence electrons. The molecule has 13 heavy (non-hydrogen) atoms. The van der Waals surface area contributed by atoms with Gasteiger partial charge in [0, 0.05) is 0 Å². The van der Waals surface area contributed by atoms with Crippen LogP contribution in [0.25, 0.3) is 0 Å². The molecule has 0 bridgehead atoms. The van der Waals surface area contributed by atoms with E-state index in [1.165, 1.54) is 0 Å². The highest BCUT2D eigenvalue weighted by atomic mass is 16.6. The molecular weight excluding hydrogens is 166 g/mol. The molecule has 0 aromatic carbocycles. The molecule has 0 spiro atoms. The van der Waals surface area contributed by atoms with Crippen molar-refractivity contribution in [3.8, 4) is 0 Å². The molecule has 1 aliphatic carbocycles. The maximum atomic E-state index is 11.7. The van der Waals surface area contributed by atoms with Crippen LogP contribution in [-0.4, -0.2) is 24.0 Å². The molecule has 2 rings (SSSR count). The minimum atomic E-state index is -0.544. The molecule has 0 aromatic rings. The van der Waals surface area contributed by atoms with Gasteiger partial charge in [0.15, 0.2) is 5.78 Å². The van der Waals surface area contributed by atoms with E-state index in [2.05, 4.69) is 13.8 Å². The SMILES string of the molecule is CC1(C)CC1[C@H](N)C(=O)[C@@]1(C)CO1. The van der Waals surface area contributed by atoms with Gasteiger partial charge in [-0.3, -0.25) is 4.79 Å². The van der Waals surface area contributed by atoms with Gasteiger partial charge >= 0.3 is 0 Å². The lowest BCUT2D eigenvalue weighted by atomic mass is 9.94. The molecule has 0 aromatic heterocycles. The zero-order valence-electron chi connectivity index (χ0n) is 8.46. The standard InChI is InChI=1S/C10H17NO2/c1-9(2)4-6(9)7(11)8(12)10(3)5-13-10/h6-7H,4-5,11H2,1-3H3/t6?,7-,10+/m0/s1. The van der Waals surface area contributed by atoms with Crippen LogP contribution >= 0.6 is 0 Å². The lowest BCUT2D eigenvalue weighted by Crippen LogP contribution is -2.42. The highest BCUT2D eigenvalue weighted by Crippen LogP contribution is 2.54. The van der Waals surface area contributed by atoms with Crippen molar-refractivity contribution in [1.29, 1.82) is 0 Å². The summed E-state index contributed by atoms with van der Waals surface area (Å²) in [5, 5.41) is 0. The Morgan fingerprint density at radius 3 is 2.31 bits per heavy atom. The highest BCUT2D eigenvalue weighted by molar-refractivity contribution is 5.94. The first-order chi connectivity index (χ1) is 5.87. The summed E-state index contributed by atoms with van der Waals surface area (Å²) in [5.74, 6) is 0.448. The average Bonchev–Trinajstić information content (AvgIpc) is 2.89. The van der Waals surface area contributed by atoms with Gasteiger partial charge in [-0.25, -0.2) is 0 Å². The van der Waals surface area contributed by atoms with E-state index in [9.17, 15) is 4.79 Å². The molecule has 1 aliphatic heterocycles. The molecule has 2 aliphatic rings. The number of nitrogens with two attached hydrogens (primary N) is 1. The fraction of sp³-hybridized carbons (Fsp3) is 0.900. The third-order valence-corrected chi connectivity index (χ3v) is 3.42. The molecule has 3 heteroatoms. The second-order valence-electron chi connectivity index (χ2n) is 5.21. The van der Waals surface area contributed by atoms with Crippen LogP contribution in [0.2, 0.25) is 0 Å². The van der Waals surface area contributed by atoms with Crippen molar-refractivity contribution in [2.45, 2.75) is 38.8 Å². The summed E-state index contributed by atoms with van der Waals surface area (Å²) in [7, 11) is 0. The molecule has 2 N–H and O–H groups in total. The summed E-state index contributed by atoms with van der Waals surface area (Å²) in [6.45, 7) is 6.68. The molecule has 1 saturated heterocycles. The van der Waals surface area contributed by atoms with Crippen molar-refractivity contribution in [1.82, 2.24) is 0 Å². The van der Waals surface area contributed by atoms with Crippen LogP contribution < -0.4 is 5.73 Å². The van der Waals surface area contributed by atoms with Crippen LogP contribution in [0.4, 0.5) is 0 Å². The number of Topliss-reactive ketones (excluding diaryl/α,β-unsaturated/α-hetero) is 1. The number of hydrogen-bond acceptors (Lipinski definition) is 3. The first-order valence-electron chi connectivity index (χ1n) is 4.81. The quantitative estimate of drug-likeness (QED) is 0.656. The predicted octanol–water partition coefficient (Wildman–Crippen LogP) is 0.718. The number of ketones is 1. The Balaban J connectivity index is 1.99. The fourth-order valence-corrected chi connectivity index (χ4v) is 1.91. The van der Waals surface area contributed by atoms with Crippen LogP contribution in [0.1, 0.15) is 27.2 Å². The lowest BCUT2D eigenvalue weighted by molar-refractivity contribution is -0.125. The van der Waals surface area contributed by atoms with Gasteiger partial charge in [-0.1, -0.05) is 13.8 Å². The number of carbonyl (C=O) groups is 1. The largest absolute Gasteiger partial charge is 0.362 e. The summed E-state index contributed by atoms with van der Waals surface area (Å²) in [4.78, 5) is 11.7. The summed E-state index contributed by atoms with van der Waals surface area (Å²) >= 11 is 0. The topological polar surface area (TPSA) is 55.6 Å². The van der Waals surface area contributed by atoms with Crippen LogP contribution in [0.15, 0.2) is 0 Å². The first kappa shape index (κ1) is 9.16. The summed E-state index contributed by atoms with van der Waals surface area (Å²) in [5.41, 5.74) is 5.62.